The van der Waals surface area contributed by atoms with Crippen LogP contribution in [0.15, 0.2) is 30.3 Å². The van der Waals surface area contributed by atoms with E-state index in [1.54, 1.807) is 0 Å². The van der Waals surface area contributed by atoms with E-state index in [9.17, 15) is 9.90 Å². The molecule has 4 heteroatoms. The standard InChI is InChI=1S/C21H34N2O2/c1-5-16(3)22(17(4)6-2)15-20(24)19-12-13-21(25)23(19)14-18-10-8-7-9-11-18/h7-11,16-17,19-20,24H,5-6,12-15H2,1-4H3/t16?,17?,19-,20+/m0/s1. The van der Waals surface area contributed by atoms with Crippen LogP contribution in [0.3, 0.4) is 0 Å². The van der Waals surface area contributed by atoms with Crippen molar-refractivity contribution in [1.82, 2.24) is 9.80 Å². The Morgan fingerprint density at radius 1 is 1.16 bits per heavy atom. The quantitative estimate of drug-likeness (QED) is 0.745. The largest absolute Gasteiger partial charge is 0.390 e. The zero-order chi connectivity index (χ0) is 18.4. The van der Waals surface area contributed by atoms with Gasteiger partial charge in [-0.25, -0.2) is 0 Å². The van der Waals surface area contributed by atoms with Crippen LogP contribution in [0.4, 0.5) is 0 Å². The zero-order valence-corrected chi connectivity index (χ0v) is 16.2. The molecule has 1 amide bonds. The van der Waals surface area contributed by atoms with Crippen LogP contribution >= 0.6 is 0 Å². The van der Waals surface area contributed by atoms with Crippen molar-refractivity contribution in [3.05, 3.63) is 35.9 Å². The Morgan fingerprint density at radius 3 is 2.32 bits per heavy atom. The van der Waals surface area contributed by atoms with Crippen molar-refractivity contribution < 1.29 is 9.90 Å². The summed E-state index contributed by atoms with van der Waals surface area (Å²) >= 11 is 0. The van der Waals surface area contributed by atoms with Crippen LogP contribution in [-0.2, 0) is 11.3 Å². The highest BCUT2D eigenvalue weighted by Gasteiger charge is 2.37. The highest BCUT2D eigenvalue weighted by Crippen LogP contribution is 2.25. The molecule has 1 saturated heterocycles. The normalized spacial score (nSPS) is 21.6. The van der Waals surface area contributed by atoms with Crippen LogP contribution < -0.4 is 0 Å². The number of likely N-dealkylation sites (tertiary alicyclic amines) is 1. The van der Waals surface area contributed by atoms with E-state index in [1.165, 1.54) is 0 Å². The van der Waals surface area contributed by atoms with E-state index in [0.717, 1.165) is 24.8 Å². The van der Waals surface area contributed by atoms with Gasteiger partial charge < -0.3 is 10.0 Å². The summed E-state index contributed by atoms with van der Waals surface area (Å²) in [6, 6.07) is 10.8. The minimum atomic E-state index is -0.502. The summed E-state index contributed by atoms with van der Waals surface area (Å²) in [5.74, 6) is 0.159. The monoisotopic (exact) mass is 346 g/mol. The van der Waals surface area contributed by atoms with E-state index >= 15 is 0 Å². The smallest absolute Gasteiger partial charge is 0.223 e. The Labute approximate surface area is 152 Å². The molecule has 0 spiro atoms. The molecule has 1 heterocycles. The molecule has 140 valence electrons. The molecule has 0 aromatic heterocycles. The molecule has 1 aliphatic heterocycles. The minimum Gasteiger partial charge on any atom is -0.390 e. The van der Waals surface area contributed by atoms with Gasteiger partial charge >= 0.3 is 0 Å². The van der Waals surface area contributed by atoms with Crippen LogP contribution in [0, 0.1) is 0 Å². The first kappa shape index (κ1) is 19.9. The van der Waals surface area contributed by atoms with Gasteiger partial charge in [-0.3, -0.25) is 9.69 Å². The summed E-state index contributed by atoms with van der Waals surface area (Å²) in [5, 5.41) is 10.9. The lowest BCUT2D eigenvalue weighted by Gasteiger charge is -2.38. The van der Waals surface area contributed by atoms with Crippen molar-refractivity contribution in [1.29, 1.82) is 0 Å². The fourth-order valence-corrected chi connectivity index (χ4v) is 3.74. The molecule has 1 aromatic carbocycles. The van der Waals surface area contributed by atoms with Crippen molar-refractivity contribution in [3.63, 3.8) is 0 Å². The van der Waals surface area contributed by atoms with E-state index in [1.807, 2.05) is 35.2 Å². The maximum atomic E-state index is 12.4. The molecule has 0 radical (unpaired) electrons. The highest BCUT2D eigenvalue weighted by atomic mass is 16.3. The highest BCUT2D eigenvalue weighted by molar-refractivity contribution is 5.78. The SMILES string of the molecule is CCC(C)N(C[C@@H](O)[C@@H]1CCC(=O)N1Cc1ccccc1)C(C)CC. The Kier molecular flexibility index (Phi) is 7.45. The molecule has 1 fully saturated rings. The average molecular weight is 347 g/mol. The Hall–Kier alpha value is -1.39. The fraction of sp³-hybridized carbons (Fsp3) is 0.667. The third-order valence-corrected chi connectivity index (χ3v) is 5.73. The minimum absolute atomic E-state index is 0.0803. The second kappa shape index (κ2) is 9.35. The molecule has 1 aromatic rings. The molecule has 25 heavy (non-hydrogen) atoms. The molecule has 0 saturated carbocycles. The van der Waals surface area contributed by atoms with E-state index in [2.05, 4.69) is 32.6 Å². The number of hydrogen-bond donors (Lipinski definition) is 1. The fourth-order valence-electron chi connectivity index (χ4n) is 3.74. The summed E-state index contributed by atoms with van der Waals surface area (Å²) in [5.41, 5.74) is 1.12. The van der Waals surface area contributed by atoms with Gasteiger partial charge in [-0.15, -0.1) is 0 Å². The third kappa shape index (κ3) is 5.05. The molecular formula is C21H34N2O2. The predicted molar refractivity (Wildman–Crippen MR) is 102 cm³/mol. The average Bonchev–Trinajstić information content (AvgIpc) is 2.99. The maximum absolute atomic E-state index is 12.4. The maximum Gasteiger partial charge on any atom is 0.223 e. The summed E-state index contributed by atoms with van der Waals surface area (Å²) in [4.78, 5) is 16.6. The molecule has 0 aliphatic carbocycles. The number of aliphatic hydroxyl groups is 1. The molecule has 1 N–H and O–H groups in total. The van der Waals surface area contributed by atoms with E-state index in [-0.39, 0.29) is 11.9 Å². The Balaban J connectivity index is 2.07. The molecule has 2 rings (SSSR count). The van der Waals surface area contributed by atoms with Gasteiger partial charge in [0.15, 0.2) is 0 Å². The van der Waals surface area contributed by atoms with Gasteiger partial charge in [0.1, 0.15) is 0 Å². The third-order valence-electron chi connectivity index (χ3n) is 5.73. The first-order valence-corrected chi connectivity index (χ1v) is 9.75. The number of benzene rings is 1. The van der Waals surface area contributed by atoms with Crippen LogP contribution in [-0.4, -0.2) is 51.6 Å². The predicted octanol–water partition coefficient (Wildman–Crippen LogP) is 3.44. The molecular weight excluding hydrogens is 312 g/mol. The number of rotatable bonds is 9. The number of nitrogens with zero attached hydrogens (tertiary/aromatic N) is 2. The lowest BCUT2D eigenvalue weighted by Crippen LogP contribution is -2.50. The summed E-state index contributed by atoms with van der Waals surface area (Å²) in [6.07, 6.45) is 2.92. The molecule has 4 atom stereocenters. The number of carbonyl (C=O) groups excluding carboxylic acids is 1. The lowest BCUT2D eigenvalue weighted by molar-refractivity contribution is -0.131. The zero-order valence-electron chi connectivity index (χ0n) is 16.2. The van der Waals surface area contributed by atoms with Crippen LogP contribution in [0.2, 0.25) is 0 Å². The molecule has 2 unspecified atom stereocenters. The molecule has 4 nitrogen and oxygen atoms in total. The van der Waals surface area contributed by atoms with Crippen molar-refractivity contribution in [2.75, 3.05) is 6.54 Å². The first-order chi connectivity index (χ1) is 12.0. The lowest BCUT2D eigenvalue weighted by atomic mass is 10.0. The number of amides is 1. The summed E-state index contributed by atoms with van der Waals surface area (Å²) in [6.45, 7) is 10.0. The van der Waals surface area contributed by atoms with Crippen LogP contribution in [0.25, 0.3) is 0 Å². The van der Waals surface area contributed by atoms with Gasteiger partial charge in [-0.1, -0.05) is 44.2 Å². The molecule has 1 aliphatic rings. The van der Waals surface area contributed by atoms with Gasteiger partial charge in [-0.05, 0) is 38.7 Å². The number of aliphatic hydroxyl groups excluding tert-OH is 1. The Morgan fingerprint density at radius 2 is 1.76 bits per heavy atom. The van der Waals surface area contributed by atoms with Crippen LogP contribution in [0.1, 0.15) is 58.9 Å². The van der Waals surface area contributed by atoms with Crippen molar-refractivity contribution in [3.8, 4) is 0 Å². The number of hydrogen-bond acceptors (Lipinski definition) is 3. The summed E-state index contributed by atoms with van der Waals surface area (Å²) < 4.78 is 0. The first-order valence-electron chi connectivity index (χ1n) is 9.75. The topological polar surface area (TPSA) is 43.8 Å². The second-order valence-electron chi connectivity index (χ2n) is 7.39. The number of carbonyl (C=O) groups is 1. The van der Waals surface area contributed by atoms with E-state index < -0.39 is 6.10 Å². The van der Waals surface area contributed by atoms with Crippen molar-refractivity contribution in [2.45, 2.75) is 84.2 Å². The van der Waals surface area contributed by atoms with E-state index in [4.69, 9.17) is 0 Å². The van der Waals surface area contributed by atoms with E-state index in [0.29, 0.717) is 31.6 Å². The van der Waals surface area contributed by atoms with Gasteiger partial charge in [0.25, 0.3) is 0 Å². The Bertz CT molecular complexity index is 524. The van der Waals surface area contributed by atoms with Crippen molar-refractivity contribution in [2.24, 2.45) is 0 Å². The van der Waals surface area contributed by atoms with Gasteiger partial charge in [0.05, 0.1) is 12.1 Å². The van der Waals surface area contributed by atoms with Gasteiger partial charge in [0.2, 0.25) is 5.91 Å². The van der Waals surface area contributed by atoms with Gasteiger partial charge in [0, 0.05) is 31.6 Å². The summed E-state index contributed by atoms with van der Waals surface area (Å²) in [7, 11) is 0. The molecule has 0 bridgehead atoms. The second-order valence-corrected chi connectivity index (χ2v) is 7.39. The van der Waals surface area contributed by atoms with Crippen molar-refractivity contribution >= 4 is 5.91 Å². The van der Waals surface area contributed by atoms with Gasteiger partial charge in [-0.2, -0.15) is 0 Å². The van der Waals surface area contributed by atoms with Crippen LogP contribution in [0.5, 0.6) is 0 Å².